The molecule has 19 heavy (non-hydrogen) atoms. The van der Waals surface area contributed by atoms with Gasteiger partial charge < -0.3 is 14.0 Å². The van der Waals surface area contributed by atoms with Crippen LogP contribution in [0.15, 0.2) is 12.1 Å². The van der Waals surface area contributed by atoms with E-state index in [1.54, 1.807) is 6.07 Å². The van der Waals surface area contributed by atoms with Crippen molar-refractivity contribution < 1.29 is 18.4 Å². The molecule has 2 heterocycles. The Bertz CT molecular complexity index is 512. The highest BCUT2D eigenvalue weighted by atomic mass is 19.1. The minimum atomic E-state index is -0.657. The molecule has 5 heteroatoms. The van der Waals surface area contributed by atoms with Crippen molar-refractivity contribution in [1.29, 1.82) is 0 Å². The van der Waals surface area contributed by atoms with E-state index in [-0.39, 0.29) is 5.82 Å². The van der Waals surface area contributed by atoms with Crippen LogP contribution in [0.2, 0.25) is 0 Å². The van der Waals surface area contributed by atoms with Gasteiger partial charge in [0.15, 0.2) is 0 Å². The second-order valence-corrected chi connectivity index (χ2v) is 6.22. The summed E-state index contributed by atoms with van der Waals surface area (Å²) in [4.78, 5) is 0. The molecule has 1 aromatic rings. The average Bonchev–Trinajstić information content (AvgIpc) is 2.80. The normalized spacial score (nSPS) is 23.7. The highest BCUT2D eigenvalue weighted by Gasteiger charge is 2.52. The molecule has 0 radical (unpaired) electrons. The van der Waals surface area contributed by atoms with E-state index in [1.165, 1.54) is 6.07 Å². The van der Waals surface area contributed by atoms with E-state index in [9.17, 15) is 4.39 Å². The Morgan fingerprint density at radius 2 is 1.53 bits per heavy atom. The van der Waals surface area contributed by atoms with Crippen molar-refractivity contribution in [2.75, 3.05) is 0 Å². The van der Waals surface area contributed by atoms with E-state index in [1.807, 2.05) is 27.7 Å². The fourth-order valence-corrected chi connectivity index (χ4v) is 2.37. The van der Waals surface area contributed by atoms with Gasteiger partial charge in [0.25, 0.3) is 0 Å². The van der Waals surface area contributed by atoms with E-state index in [4.69, 9.17) is 14.0 Å². The first kappa shape index (κ1) is 13.1. The maximum absolute atomic E-state index is 14.2. The van der Waals surface area contributed by atoms with Gasteiger partial charge in [0.1, 0.15) is 5.82 Å². The van der Waals surface area contributed by atoms with Gasteiger partial charge in [-0.15, -0.1) is 0 Å². The van der Waals surface area contributed by atoms with Gasteiger partial charge in [-0.1, -0.05) is 6.07 Å². The van der Waals surface area contributed by atoms with Gasteiger partial charge in [-0.25, -0.2) is 4.39 Å². The smallest absolute Gasteiger partial charge is 0.399 e. The molecule has 0 saturated carbocycles. The molecular formula is C14H18BFO3. The number of hydrogen-bond acceptors (Lipinski definition) is 3. The van der Waals surface area contributed by atoms with Gasteiger partial charge in [-0.3, -0.25) is 0 Å². The largest absolute Gasteiger partial charge is 0.497 e. The quantitative estimate of drug-likeness (QED) is 0.727. The summed E-state index contributed by atoms with van der Waals surface area (Å²) in [5, 5.41) is 0. The molecule has 3 rings (SSSR count). The van der Waals surface area contributed by atoms with Gasteiger partial charge in [0.05, 0.1) is 24.4 Å². The zero-order valence-electron chi connectivity index (χ0n) is 11.7. The molecule has 0 unspecified atom stereocenters. The zero-order chi connectivity index (χ0) is 13.8. The first-order valence-electron chi connectivity index (χ1n) is 6.55. The number of fused-ring (bicyclic) bond motifs is 1. The van der Waals surface area contributed by atoms with Crippen molar-refractivity contribution in [2.45, 2.75) is 52.1 Å². The predicted octanol–water partition coefficient (Wildman–Crippen LogP) is 2.16. The Kier molecular flexibility index (Phi) is 2.79. The SMILES string of the molecule is CC1(C)OB(c2cc3c(cc2F)COC3)OC1(C)C. The summed E-state index contributed by atoms with van der Waals surface area (Å²) in [5.41, 5.74) is 1.48. The summed E-state index contributed by atoms with van der Waals surface area (Å²) in [5.74, 6) is -0.289. The predicted molar refractivity (Wildman–Crippen MR) is 70.6 cm³/mol. The van der Waals surface area contributed by atoms with Gasteiger partial charge in [0.2, 0.25) is 0 Å². The van der Waals surface area contributed by atoms with Crippen LogP contribution in [0.3, 0.4) is 0 Å². The molecule has 0 amide bonds. The van der Waals surface area contributed by atoms with E-state index in [2.05, 4.69) is 0 Å². The van der Waals surface area contributed by atoms with Gasteiger partial charge in [0, 0.05) is 5.46 Å². The Hall–Kier alpha value is -0.905. The minimum absolute atomic E-state index is 0.289. The van der Waals surface area contributed by atoms with Crippen molar-refractivity contribution in [3.63, 3.8) is 0 Å². The second kappa shape index (κ2) is 4.04. The number of halogens is 1. The minimum Gasteiger partial charge on any atom is -0.399 e. The molecule has 0 N–H and O–H groups in total. The zero-order valence-corrected chi connectivity index (χ0v) is 11.7. The third-order valence-electron chi connectivity index (χ3n) is 4.34. The highest BCUT2D eigenvalue weighted by molar-refractivity contribution is 6.62. The van der Waals surface area contributed by atoms with Crippen LogP contribution in [-0.2, 0) is 27.3 Å². The van der Waals surface area contributed by atoms with Gasteiger partial charge in [-0.05, 0) is 44.9 Å². The summed E-state index contributed by atoms with van der Waals surface area (Å²) in [7, 11) is -0.657. The van der Waals surface area contributed by atoms with Crippen LogP contribution < -0.4 is 5.46 Å². The Morgan fingerprint density at radius 1 is 1.00 bits per heavy atom. The second-order valence-electron chi connectivity index (χ2n) is 6.22. The van der Waals surface area contributed by atoms with E-state index < -0.39 is 18.3 Å². The number of ether oxygens (including phenoxy) is 1. The third-order valence-corrected chi connectivity index (χ3v) is 4.34. The van der Waals surface area contributed by atoms with Crippen LogP contribution in [0.4, 0.5) is 4.39 Å². The fourth-order valence-electron chi connectivity index (χ4n) is 2.37. The molecule has 0 bridgehead atoms. The monoisotopic (exact) mass is 264 g/mol. The molecule has 2 aliphatic rings. The lowest BCUT2D eigenvalue weighted by molar-refractivity contribution is 0.00578. The van der Waals surface area contributed by atoms with Gasteiger partial charge >= 0.3 is 7.12 Å². The maximum Gasteiger partial charge on any atom is 0.497 e. The molecule has 0 spiro atoms. The lowest BCUT2D eigenvalue weighted by Crippen LogP contribution is -2.41. The topological polar surface area (TPSA) is 27.7 Å². The Morgan fingerprint density at radius 3 is 2.11 bits per heavy atom. The number of benzene rings is 1. The fraction of sp³-hybridized carbons (Fsp3) is 0.571. The third kappa shape index (κ3) is 2.00. The molecule has 1 aromatic carbocycles. The van der Waals surface area contributed by atoms with Crippen molar-refractivity contribution in [3.8, 4) is 0 Å². The molecule has 102 valence electrons. The average molecular weight is 264 g/mol. The molecule has 0 atom stereocenters. The van der Waals surface area contributed by atoms with Crippen molar-refractivity contribution in [3.05, 3.63) is 29.1 Å². The number of rotatable bonds is 1. The summed E-state index contributed by atoms with van der Waals surface area (Å²) in [6, 6.07) is 3.34. The molecule has 1 fully saturated rings. The first-order chi connectivity index (χ1) is 8.80. The summed E-state index contributed by atoms with van der Waals surface area (Å²) in [6.45, 7) is 8.85. The van der Waals surface area contributed by atoms with Crippen molar-refractivity contribution >= 4 is 12.6 Å². The molecule has 3 nitrogen and oxygen atoms in total. The lowest BCUT2D eigenvalue weighted by Gasteiger charge is -2.32. The molecular weight excluding hydrogens is 246 g/mol. The Labute approximate surface area is 113 Å². The summed E-state index contributed by atoms with van der Waals surface area (Å²) >= 11 is 0. The maximum atomic E-state index is 14.2. The molecule has 0 aliphatic carbocycles. The van der Waals surface area contributed by atoms with E-state index in [0.29, 0.717) is 18.7 Å². The van der Waals surface area contributed by atoms with E-state index in [0.717, 1.165) is 11.1 Å². The van der Waals surface area contributed by atoms with Crippen LogP contribution in [-0.4, -0.2) is 18.3 Å². The van der Waals surface area contributed by atoms with Crippen LogP contribution in [0.1, 0.15) is 38.8 Å². The van der Waals surface area contributed by atoms with Crippen LogP contribution in [0, 0.1) is 5.82 Å². The lowest BCUT2D eigenvalue weighted by atomic mass is 9.77. The van der Waals surface area contributed by atoms with Gasteiger partial charge in [-0.2, -0.15) is 0 Å². The highest BCUT2D eigenvalue weighted by Crippen LogP contribution is 2.37. The Balaban J connectivity index is 1.96. The van der Waals surface area contributed by atoms with Crippen LogP contribution in [0.25, 0.3) is 0 Å². The summed E-state index contributed by atoms with van der Waals surface area (Å²) in [6.07, 6.45) is 0. The van der Waals surface area contributed by atoms with Crippen LogP contribution >= 0.6 is 0 Å². The first-order valence-corrected chi connectivity index (χ1v) is 6.55. The van der Waals surface area contributed by atoms with Crippen LogP contribution in [0.5, 0.6) is 0 Å². The van der Waals surface area contributed by atoms with E-state index >= 15 is 0 Å². The standard InChI is InChI=1S/C14H18BFO3/c1-13(2)14(3,4)19-15(18-13)11-5-9-7-17-8-10(9)6-12(11)16/h5-6H,7-8H2,1-4H3. The van der Waals surface area contributed by atoms with Crippen molar-refractivity contribution in [1.82, 2.24) is 0 Å². The summed E-state index contributed by atoms with van der Waals surface area (Å²) < 4.78 is 31.3. The molecule has 2 aliphatic heterocycles. The number of hydrogen-bond donors (Lipinski definition) is 0. The van der Waals surface area contributed by atoms with Crippen molar-refractivity contribution in [2.24, 2.45) is 0 Å². The molecule has 1 saturated heterocycles. The molecule has 0 aromatic heterocycles.